The third-order valence-corrected chi connectivity index (χ3v) is 5.49. The average Bonchev–Trinajstić information content (AvgIpc) is 2.03. The van der Waals surface area contributed by atoms with Gasteiger partial charge in [0.15, 0.2) is 0 Å². The topological polar surface area (TPSA) is 37.3 Å². The van der Waals surface area contributed by atoms with E-state index in [0.717, 1.165) is 15.3 Å². The first kappa shape index (κ1) is 10.5. The summed E-state index contributed by atoms with van der Waals surface area (Å²) in [4.78, 5) is 9.37. The average molecular weight is 241 g/mol. The van der Waals surface area contributed by atoms with E-state index in [9.17, 15) is 4.57 Å². The van der Waals surface area contributed by atoms with Crippen LogP contribution in [-0.2, 0) is 4.57 Å². The molecule has 0 aliphatic heterocycles. The lowest BCUT2D eigenvalue weighted by atomic mass is 10.4. The molecule has 0 aliphatic rings. The highest BCUT2D eigenvalue weighted by Gasteiger charge is 2.01. The highest BCUT2D eigenvalue weighted by Crippen LogP contribution is 2.48. The van der Waals surface area contributed by atoms with E-state index >= 15 is 0 Å². The Morgan fingerprint density at radius 3 is 2.67 bits per heavy atom. The van der Waals surface area contributed by atoms with Crippen molar-refractivity contribution >= 4 is 40.0 Å². The van der Waals surface area contributed by atoms with Crippen LogP contribution in [0.25, 0.3) is 0 Å². The standard InChI is InChI=1S/C6H6ClO2PS2/c7-5-3-1-2-4-6(5)11-12-10(8)9/h1-4,10H,(H,8,9). The van der Waals surface area contributed by atoms with E-state index in [1.54, 1.807) is 6.07 Å². The van der Waals surface area contributed by atoms with Gasteiger partial charge >= 0.3 is 0 Å². The molecule has 0 radical (unpaired) electrons. The fourth-order valence-corrected chi connectivity index (χ4v) is 3.79. The first-order chi connectivity index (χ1) is 5.70. The lowest BCUT2D eigenvalue weighted by Gasteiger charge is -1.99. The number of halogens is 1. The smallest absolute Gasteiger partial charge is 0.254 e. The Labute approximate surface area is 83.7 Å². The summed E-state index contributed by atoms with van der Waals surface area (Å²) in [6.45, 7) is 0. The van der Waals surface area contributed by atoms with Crippen LogP contribution in [0.3, 0.4) is 0 Å². The molecule has 0 saturated heterocycles. The first-order valence-electron chi connectivity index (χ1n) is 3.02. The summed E-state index contributed by atoms with van der Waals surface area (Å²) in [5.41, 5.74) is 0. The molecule has 66 valence electrons. The maximum atomic E-state index is 10.4. The molecule has 1 aromatic rings. The Balaban J connectivity index is 2.63. The van der Waals surface area contributed by atoms with E-state index < -0.39 is 7.23 Å². The zero-order valence-corrected chi connectivity index (χ0v) is 9.25. The molecular formula is C6H6ClO2PS2. The Kier molecular flexibility index (Phi) is 4.54. The molecule has 1 atom stereocenters. The zero-order valence-electron chi connectivity index (χ0n) is 5.86. The molecule has 1 unspecified atom stereocenters. The van der Waals surface area contributed by atoms with E-state index in [1.165, 1.54) is 10.8 Å². The Hall–Kier alpha value is 0.400. The van der Waals surface area contributed by atoms with Crippen molar-refractivity contribution in [3.05, 3.63) is 29.3 Å². The van der Waals surface area contributed by atoms with Gasteiger partial charge in [-0.25, -0.2) is 0 Å². The van der Waals surface area contributed by atoms with Crippen molar-refractivity contribution in [1.29, 1.82) is 0 Å². The molecular weight excluding hydrogens is 235 g/mol. The lowest BCUT2D eigenvalue weighted by Crippen LogP contribution is -1.67. The van der Waals surface area contributed by atoms with E-state index in [2.05, 4.69) is 0 Å². The predicted octanol–water partition coefficient (Wildman–Crippen LogP) is 3.46. The predicted molar refractivity (Wildman–Crippen MR) is 56.1 cm³/mol. The van der Waals surface area contributed by atoms with Crippen LogP contribution < -0.4 is 0 Å². The second-order valence-corrected chi connectivity index (χ2v) is 7.12. The quantitative estimate of drug-likeness (QED) is 0.649. The van der Waals surface area contributed by atoms with Crippen molar-refractivity contribution in [2.45, 2.75) is 4.90 Å². The molecule has 2 nitrogen and oxygen atoms in total. The molecule has 0 spiro atoms. The summed E-state index contributed by atoms with van der Waals surface area (Å²) in [7, 11) is -0.323. The van der Waals surface area contributed by atoms with Crippen LogP contribution in [0.1, 0.15) is 0 Å². The van der Waals surface area contributed by atoms with Crippen molar-refractivity contribution < 1.29 is 9.46 Å². The summed E-state index contributed by atoms with van der Waals surface area (Å²) in [6.07, 6.45) is 0. The number of hydrogen-bond acceptors (Lipinski definition) is 3. The van der Waals surface area contributed by atoms with Crippen molar-refractivity contribution in [3.8, 4) is 0 Å². The molecule has 0 aliphatic carbocycles. The Bertz CT molecular complexity index is 295. The van der Waals surface area contributed by atoms with Crippen LogP contribution in [0, 0.1) is 0 Å². The third-order valence-electron chi connectivity index (χ3n) is 1.04. The van der Waals surface area contributed by atoms with Crippen LogP contribution >= 0.6 is 40.0 Å². The van der Waals surface area contributed by atoms with Crippen molar-refractivity contribution in [2.75, 3.05) is 0 Å². The first-order valence-corrected chi connectivity index (χ1v) is 7.63. The minimum absolute atomic E-state index is 0.609. The maximum absolute atomic E-state index is 10.4. The monoisotopic (exact) mass is 240 g/mol. The van der Waals surface area contributed by atoms with Crippen LogP contribution in [0.5, 0.6) is 0 Å². The zero-order chi connectivity index (χ0) is 8.97. The second-order valence-electron chi connectivity index (χ2n) is 1.86. The van der Waals surface area contributed by atoms with Gasteiger partial charge < -0.3 is 4.89 Å². The molecule has 0 bridgehead atoms. The number of hydrogen-bond donors (Lipinski definition) is 1. The summed E-state index contributed by atoms with van der Waals surface area (Å²) in [5, 5.41) is 0.609. The molecule has 0 saturated carbocycles. The number of benzene rings is 1. The fourth-order valence-electron chi connectivity index (χ4n) is 0.593. The molecule has 12 heavy (non-hydrogen) atoms. The Morgan fingerprint density at radius 1 is 1.42 bits per heavy atom. The fraction of sp³-hybridized carbons (Fsp3) is 0. The van der Waals surface area contributed by atoms with Crippen LogP contribution in [0.2, 0.25) is 5.02 Å². The van der Waals surface area contributed by atoms with Gasteiger partial charge in [0.05, 0.1) is 5.02 Å². The van der Waals surface area contributed by atoms with E-state index in [1.807, 2.05) is 18.2 Å². The van der Waals surface area contributed by atoms with E-state index in [0.29, 0.717) is 5.02 Å². The van der Waals surface area contributed by atoms with Gasteiger partial charge in [-0.2, -0.15) is 0 Å². The largest absolute Gasteiger partial charge is 0.338 e. The van der Waals surface area contributed by atoms with Crippen LogP contribution in [-0.4, -0.2) is 4.89 Å². The van der Waals surface area contributed by atoms with Gasteiger partial charge in [0, 0.05) is 15.3 Å². The molecule has 6 heteroatoms. The van der Waals surface area contributed by atoms with E-state index in [-0.39, 0.29) is 0 Å². The molecule has 0 heterocycles. The normalized spacial score (nSPS) is 12.8. The van der Waals surface area contributed by atoms with Crippen molar-refractivity contribution in [3.63, 3.8) is 0 Å². The van der Waals surface area contributed by atoms with Gasteiger partial charge in [-0.1, -0.05) is 23.7 Å². The molecule has 0 fully saturated rings. The van der Waals surface area contributed by atoms with Gasteiger partial charge in [-0.05, 0) is 22.9 Å². The van der Waals surface area contributed by atoms with Crippen LogP contribution in [0.4, 0.5) is 0 Å². The summed E-state index contributed by atoms with van der Waals surface area (Å²) in [6, 6.07) is 7.21. The minimum atomic E-state index is -2.48. The van der Waals surface area contributed by atoms with Gasteiger partial charge in [0.2, 0.25) is 0 Å². The van der Waals surface area contributed by atoms with Gasteiger partial charge in [0.25, 0.3) is 7.23 Å². The molecule has 1 N–H and O–H groups in total. The molecule has 1 aromatic carbocycles. The molecule has 0 aromatic heterocycles. The van der Waals surface area contributed by atoms with Gasteiger partial charge in [-0.3, -0.25) is 4.57 Å². The SMILES string of the molecule is O=[PH](O)SSc1ccccc1Cl. The summed E-state index contributed by atoms with van der Waals surface area (Å²) in [5.74, 6) is 0. The van der Waals surface area contributed by atoms with Crippen LogP contribution in [0.15, 0.2) is 29.2 Å². The molecule has 1 rings (SSSR count). The summed E-state index contributed by atoms with van der Waals surface area (Å²) < 4.78 is 10.4. The highest BCUT2D eigenvalue weighted by molar-refractivity contribution is 8.96. The van der Waals surface area contributed by atoms with Gasteiger partial charge in [0.1, 0.15) is 0 Å². The summed E-state index contributed by atoms with van der Waals surface area (Å²) >= 11 is 5.80. The minimum Gasteiger partial charge on any atom is -0.338 e. The van der Waals surface area contributed by atoms with Gasteiger partial charge in [-0.15, -0.1) is 0 Å². The van der Waals surface area contributed by atoms with E-state index in [4.69, 9.17) is 16.5 Å². The number of rotatable bonds is 3. The lowest BCUT2D eigenvalue weighted by molar-refractivity contribution is 0.520. The second kappa shape index (κ2) is 5.20. The Morgan fingerprint density at radius 2 is 2.08 bits per heavy atom. The van der Waals surface area contributed by atoms with Crippen molar-refractivity contribution in [1.82, 2.24) is 0 Å². The van der Waals surface area contributed by atoms with Crippen molar-refractivity contribution in [2.24, 2.45) is 0 Å². The maximum Gasteiger partial charge on any atom is 0.254 e. The third kappa shape index (κ3) is 3.42. The highest BCUT2D eigenvalue weighted by atomic mass is 35.5. The molecule has 0 amide bonds.